The van der Waals surface area contributed by atoms with Crippen LogP contribution in [0.4, 0.5) is 18.9 Å². The summed E-state index contributed by atoms with van der Waals surface area (Å²) in [6.07, 6.45) is -3.28. The van der Waals surface area contributed by atoms with E-state index in [-0.39, 0.29) is 18.0 Å². The van der Waals surface area contributed by atoms with Gasteiger partial charge in [-0.1, -0.05) is 0 Å². The van der Waals surface area contributed by atoms with Crippen LogP contribution in [0.3, 0.4) is 0 Å². The molecule has 2 aromatic rings. The van der Waals surface area contributed by atoms with Crippen molar-refractivity contribution in [2.24, 2.45) is 0 Å². The number of nitrogens with zero attached hydrogens (tertiary/aromatic N) is 1. The highest BCUT2D eigenvalue weighted by Crippen LogP contribution is 2.30. The second kappa shape index (κ2) is 5.86. The van der Waals surface area contributed by atoms with Gasteiger partial charge in [-0.15, -0.1) is 0 Å². The fourth-order valence-electron chi connectivity index (χ4n) is 1.78. The van der Waals surface area contributed by atoms with E-state index in [2.05, 4.69) is 20.8 Å². The number of rotatable bonds is 4. The van der Waals surface area contributed by atoms with Crippen LogP contribution in [0.5, 0.6) is 0 Å². The van der Waals surface area contributed by atoms with Crippen LogP contribution in [-0.2, 0) is 12.7 Å². The summed E-state index contributed by atoms with van der Waals surface area (Å²) in [6.45, 7) is -0.0232. The molecule has 21 heavy (non-hydrogen) atoms. The molecule has 5 nitrogen and oxygen atoms in total. The standard InChI is InChI=1S/C13H13F3N4O/c1-17-12(21)8-2-4-10(5-3-8)18-6-9-7-19-20-11(9)13(14,15)16/h2-5,7,18H,6H2,1H3,(H,17,21)(H,19,20). The Morgan fingerprint density at radius 1 is 1.29 bits per heavy atom. The monoisotopic (exact) mass is 298 g/mol. The number of H-pyrrole nitrogens is 1. The molecule has 2 rings (SSSR count). The third-order valence-electron chi connectivity index (χ3n) is 2.84. The first kappa shape index (κ1) is 14.9. The van der Waals surface area contributed by atoms with E-state index in [9.17, 15) is 18.0 Å². The van der Waals surface area contributed by atoms with Gasteiger partial charge in [0.1, 0.15) is 0 Å². The van der Waals surface area contributed by atoms with Crippen LogP contribution in [0.1, 0.15) is 21.6 Å². The van der Waals surface area contributed by atoms with Crippen LogP contribution in [0.15, 0.2) is 30.5 Å². The summed E-state index contributed by atoms with van der Waals surface area (Å²) >= 11 is 0. The zero-order valence-electron chi connectivity index (χ0n) is 11.1. The summed E-state index contributed by atoms with van der Waals surface area (Å²) in [6, 6.07) is 6.41. The molecule has 0 spiro atoms. The molecule has 1 heterocycles. The number of amides is 1. The average molecular weight is 298 g/mol. The Morgan fingerprint density at radius 3 is 2.52 bits per heavy atom. The minimum absolute atomic E-state index is 0.0232. The molecule has 0 atom stereocenters. The lowest BCUT2D eigenvalue weighted by molar-refractivity contribution is -0.141. The Balaban J connectivity index is 2.04. The zero-order chi connectivity index (χ0) is 15.5. The van der Waals surface area contributed by atoms with Crippen molar-refractivity contribution < 1.29 is 18.0 Å². The van der Waals surface area contributed by atoms with Crippen LogP contribution in [0.25, 0.3) is 0 Å². The minimum Gasteiger partial charge on any atom is -0.381 e. The minimum atomic E-state index is -4.49. The van der Waals surface area contributed by atoms with E-state index >= 15 is 0 Å². The van der Waals surface area contributed by atoms with Crippen molar-refractivity contribution in [3.05, 3.63) is 47.3 Å². The Morgan fingerprint density at radius 2 is 1.95 bits per heavy atom. The first-order valence-electron chi connectivity index (χ1n) is 6.07. The maximum absolute atomic E-state index is 12.6. The summed E-state index contributed by atoms with van der Waals surface area (Å²) in [4.78, 5) is 11.4. The summed E-state index contributed by atoms with van der Waals surface area (Å²) in [5, 5.41) is 10.7. The van der Waals surface area contributed by atoms with Crippen molar-refractivity contribution >= 4 is 11.6 Å². The van der Waals surface area contributed by atoms with Crippen molar-refractivity contribution in [1.82, 2.24) is 15.5 Å². The fraction of sp³-hybridized carbons (Fsp3) is 0.231. The summed E-state index contributed by atoms with van der Waals surface area (Å²) in [7, 11) is 1.52. The van der Waals surface area contributed by atoms with E-state index in [4.69, 9.17) is 0 Å². The van der Waals surface area contributed by atoms with Gasteiger partial charge in [-0.05, 0) is 24.3 Å². The summed E-state index contributed by atoms with van der Waals surface area (Å²) in [5.74, 6) is -0.226. The molecule has 1 amide bonds. The molecular weight excluding hydrogens is 285 g/mol. The average Bonchev–Trinajstić information content (AvgIpc) is 2.93. The smallest absolute Gasteiger partial charge is 0.381 e. The quantitative estimate of drug-likeness (QED) is 0.812. The van der Waals surface area contributed by atoms with Crippen molar-refractivity contribution in [3.8, 4) is 0 Å². The molecule has 1 aromatic carbocycles. The van der Waals surface area contributed by atoms with Gasteiger partial charge in [0.15, 0.2) is 5.69 Å². The van der Waals surface area contributed by atoms with Gasteiger partial charge >= 0.3 is 6.18 Å². The maximum Gasteiger partial charge on any atom is 0.435 e. The highest BCUT2D eigenvalue weighted by Gasteiger charge is 2.36. The molecule has 0 unspecified atom stereocenters. The molecule has 0 saturated carbocycles. The van der Waals surface area contributed by atoms with Gasteiger partial charge in [0.25, 0.3) is 5.91 Å². The highest BCUT2D eigenvalue weighted by molar-refractivity contribution is 5.94. The van der Waals surface area contributed by atoms with E-state index < -0.39 is 11.9 Å². The second-order valence-corrected chi connectivity index (χ2v) is 4.27. The maximum atomic E-state index is 12.6. The molecular formula is C13H13F3N4O. The Kier molecular flexibility index (Phi) is 4.15. The van der Waals surface area contributed by atoms with E-state index in [1.807, 2.05) is 0 Å². The van der Waals surface area contributed by atoms with Crippen LogP contribution < -0.4 is 10.6 Å². The van der Waals surface area contributed by atoms with Crippen molar-refractivity contribution in [2.75, 3.05) is 12.4 Å². The Hall–Kier alpha value is -2.51. The molecule has 0 radical (unpaired) electrons. The Bertz CT molecular complexity index is 619. The number of hydrogen-bond donors (Lipinski definition) is 3. The fourth-order valence-corrected chi connectivity index (χ4v) is 1.78. The largest absolute Gasteiger partial charge is 0.435 e. The van der Waals surface area contributed by atoms with Crippen molar-refractivity contribution in [3.63, 3.8) is 0 Å². The van der Waals surface area contributed by atoms with Gasteiger partial charge in [-0.3, -0.25) is 9.89 Å². The lowest BCUT2D eigenvalue weighted by Crippen LogP contribution is -2.17. The van der Waals surface area contributed by atoms with Gasteiger partial charge in [0.05, 0.1) is 0 Å². The molecule has 0 saturated heterocycles. The topological polar surface area (TPSA) is 69.8 Å². The van der Waals surface area contributed by atoms with Gasteiger partial charge in [-0.25, -0.2) is 0 Å². The normalized spacial score (nSPS) is 11.2. The number of hydrogen-bond acceptors (Lipinski definition) is 3. The predicted octanol–water partition coefficient (Wildman–Crippen LogP) is 2.40. The van der Waals surface area contributed by atoms with E-state index in [1.165, 1.54) is 13.2 Å². The van der Waals surface area contributed by atoms with Crippen LogP contribution in [-0.4, -0.2) is 23.2 Å². The molecule has 8 heteroatoms. The number of alkyl halides is 3. The van der Waals surface area contributed by atoms with E-state index in [0.717, 1.165) is 0 Å². The van der Waals surface area contributed by atoms with E-state index in [1.54, 1.807) is 24.3 Å². The molecule has 0 aliphatic carbocycles. The lowest BCUT2D eigenvalue weighted by atomic mass is 10.2. The molecule has 3 N–H and O–H groups in total. The molecule has 0 aliphatic rings. The third kappa shape index (κ3) is 3.53. The number of aromatic nitrogens is 2. The zero-order valence-corrected chi connectivity index (χ0v) is 11.1. The van der Waals surface area contributed by atoms with Crippen LogP contribution in [0, 0.1) is 0 Å². The highest BCUT2D eigenvalue weighted by atomic mass is 19.4. The van der Waals surface area contributed by atoms with Gasteiger partial charge in [0.2, 0.25) is 0 Å². The number of anilines is 1. The van der Waals surface area contributed by atoms with Crippen molar-refractivity contribution in [2.45, 2.75) is 12.7 Å². The van der Waals surface area contributed by atoms with Crippen LogP contribution >= 0.6 is 0 Å². The summed E-state index contributed by atoms with van der Waals surface area (Å²) in [5.41, 5.74) is 0.175. The first-order valence-corrected chi connectivity index (χ1v) is 6.07. The lowest BCUT2D eigenvalue weighted by Gasteiger charge is -2.09. The van der Waals surface area contributed by atoms with Crippen molar-refractivity contribution in [1.29, 1.82) is 0 Å². The Labute approximate surface area is 118 Å². The van der Waals surface area contributed by atoms with Gasteiger partial charge < -0.3 is 10.6 Å². The first-order chi connectivity index (χ1) is 9.91. The number of carbonyl (C=O) groups is 1. The van der Waals surface area contributed by atoms with Crippen LogP contribution in [0.2, 0.25) is 0 Å². The number of benzene rings is 1. The third-order valence-corrected chi connectivity index (χ3v) is 2.84. The summed E-state index contributed by atoms with van der Waals surface area (Å²) < 4.78 is 37.9. The molecule has 1 aromatic heterocycles. The SMILES string of the molecule is CNC(=O)c1ccc(NCc2c[nH]nc2C(F)(F)F)cc1. The number of halogens is 3. The van der Waals surface area contributed by atoms with Gasteiger partial charge in [0, 0.05) is 36.6 Å². The van der Waals surface area contributed by atoms with E-state index in [0.29, 0.717) is 11.3 Å². The number of aromatic amines is 1. The molecule has 0 bridgehead atoms. The number of nitrogens with one attached hydrogen (secondary N) is 3. The predicted molar refractivity (Wildman–Crippen MR) is 70.7 cm³/mol. The second-order valence-electron chi connectivity index (χ2n) is 4.27. The number of carbonyl (C=O) groups excluding carboxylic acids is 1. The molecule has 112 valence electrons. The molecule has 0 aliphatic heterocycles. The molecule has 0 fully saturated rings. The van der Waals surface area contributed by atoms with Gasteiger partial charge in [-0.2, -0.15) is 18.3 Å².